The normalized spacial score (nSPS) is 21.0. The first kappa shape index (κ1) is 21.1. The molecule has 0 bridgehead atoms. The highest BCUT2D eigenvalue weighted by Gasteiger charge is 2.47. The number of halogens is 1. The molecule has 3 amide bonds. The van der Waals surface area contributed by atoms with E-state index in [0.717, 1.165) is 10.6 Å². The Morgan fingerprint density at radius 1 is 1.30 bits per heavy atom. The van der Waals surface area contributed by atoms with E-state index in [1.165, 1.54) is 18.9 Å². The molecule has 1 heterocycles. The van der Waals surface area contributed by atoms with Crippen LogP contribution in [-0.2, 0) is 24.4 Å². The smallest absolute Gasteiger partial charge is 0.247 e. The SMILES string of the molecule is CN1C(=O)CN(S(C)(=O)=O)C[C@@]1(C)C(=O)NCC(=O)Nc1ccccc1Cl. The van der Waals surface area contributed by atoms with E-state index in [1.54, 1.807) is 24.3 Å². The fourth-order valence-corrected chi connectivity index (χ4v) is 3.62. The second kappa shape index (κ2) is 7.83. The summed E-state index contributed by atoms with van der Waals surface area (Å²) in [5.41, 5.74) is -1.04. The Hall–Kier alpha value is -2.17. The van der Waals surface area contributed by atoms with Gasteiger partial charge in [0.2, 0.25) is 27.7 Å². The highest BCUT2D eigenvalue weighted by atomic mass is 35.5. The first-order chi connectivity index (χ1) is 12.4. The zero-order chi connectivity index (χ0) is 20.4. The van der Waals surface area contributed by atoms with Gasteiger partial charge in [-0.15, -0.1) is 0 Å². The van der Waals surface area contributed by atoms with Crippen molar-refractivity contribution in [2.45, 2.75) is 12.5 Å². The van der Waals surface area contributed by atoms with Crippen molar-refractivity contribution in [3.63, 3.8) is 0 Å². The Balaban J connectivity index is 2.05. The summed E-state index contributed by atoms with van der Waals surface area (Å²) in [6, 6.07) is 6.63. The van der Waals surface area contributed by atoms with Gasteiger partial charge < -0.3 is 15.5 Å². The number of carbonyl (C=O) groups is 3. The zero-order valence-corrected chi connectivity index (χ0v) is 16.7. The van der Waals surface area contributed by atoms with Gasteiger partial charge in [0, 0.05) is 13.6 Å². The summed E-state index contributed by atoms with van der Waals surface area (Å²) in [7, 11) is -2.23. The summed E-state index contributed by atoms with van der Waals surface area (Å²) in [4.78, 5) is 38.0. The van der Waals surface area contributed by atoms with Crippen molar-refractivity contribution in [3.05, 3.63) is 29.3 Å². The molecule has 2 N–H and O–H groups in total. The number of benzene rings is 1. The predicted octanol–water partition coefficient (Wildman–Crippen LogP) is -0.113. The molecular formula is C16H21ClN4O5S. The average molecular weight is 417 g/mol. The molecule has 1 aliphatic rings. The number of nitrogens with one attached hydrogen (secondary N) is 2. The van der Waals surface area contributed by atoms with Crippen molar-refractivity contribution in [1.82, 2.24) is 14.5 Å². The molecule has 0 aromatic heterocycles. The summed E-state index contributed by atoms with van der Waals surface area (Å²) in [5, 5.41) is 5.36. The van der Waals surface area contributed by atoms with E-state index >= 15 is 0 Å². The lowest BCUT2D eigenvalue weighted by Crippen LogP contribution is -2.68. The van der Waals surface area contributed by atoms with E-state index in [0.29, 0.717) is 10.7 Å². The van der Waals surface area contributed by atoms with Crippen LogP contribution in [0.25, 0.3) is 0 Å². The Morgan fingerprint density at radius 2 is 1.93 bits per heavy atom. The van der Waals surface area contributed by atoms with Gasteiger partial charge in [-0.3, -0.25) is 14.4 Å². The molecule has 0 saturated carbocycles. The Bertz CT molecular complexity index is 875. The highest BCUT2D eigenvalue weighted by molar-refractivity contribution is 7.88. The zero-order valence-electron chi connectivity index (χ0n) is 15.2. The topological polar surface area (TPSA) is 116 Å². The van der Waals surface area contributed by atoms with Crippen LogP contribution in [0, 0.1) is 0 Å². The van der Waals surface area contributed by atoms with Gasteiger partial charge in [0.25, 0.3) is 0 Å². The van der Waals surface area contributed by atoms with Crippen LogP contribution in [0.4, 0.5) is 5.69 Å². The maximum absolute atomic E-state index is 12.6. The molecule has 1 aromatic rings. The molecule has 1 atom stereocenters. The number of amides is 3. The molecule has 148 valence electrons. The van der Waals surface area contributed by atoms with Crippen LogP contribution in [-0.4, -0.2) is 73.8 Å². The van der Waals surface area contributed by atoms with Gasteiger partial charge >= 0.3 is 0 Å². The number of likely N-dealkylation sites (N-methyl/N-ethyl adjacent to an activating group) is 1. The number of rotatable bonds is 5. The summed E-state index contributed by atoms with van der Waals surface area (Å²) < 4.78 is 24.5. The summed E-state index contributed by atoms with van der Waals surface area (Å²) >= 11 is 5.96. The minimum Gasteiger partial charge on any atom is -0.345 e. The maximum atomic E-state index is 12.6. The molecule has 27 heavy (non-hydrogen) atoms. The third-order valence-electron chi connectivity index (χ3n) is 4.43. The lowest BCUT2D eigenvalue weighted by Gasteiger charge is -2.44. The molecule has 0 spiro atoms. The van der Waals surface area contributed by atoms with E-state index in [1.807, 2.05) is 0 Å². The van der Waals surface area contributed by atoms with E-state index in [9.17, 15) is 22.8 Å². The van der Waals surface area contributed by atoms with Crippen LogP contribution >= 0.6 is 11.6 Å². The van der Waals surface area contributed by atoms with Crippen LogP contribution in [0.3, 0.4) is 0 Å². The molecular weight excluding hydrogens is 396 g/mol. The summed E-state index contributed by atoms with van der Waals surface area (Å²) in [6.07, 6.45) is 0.973. The average Bonchev–Trinajstić information content (AvgIpc) is 2.58. The largest absolute Gasteiger partial charge is 0.345 e. The molecule has 9 nitrogen and oxygen atoms in total. The molecule has 2 rings (SSSR count). The third-order valence-corrected chi connectivity index (χ3v) is 5.95. The van der Waals surface area contributed by atoms with E-state index in [4.69, 9.17) is 11.6 Å². The number of carbonyl (C=O) groups excluding carboxylic acids is 3. The standard InChI is InChI=1S/C16H21ClN4O5S/c1-16(10-21(27(3,25)26)9-14(23)20(16)2)15(24)18-8-13(22)19-12-7-5-4-6-11(12)17/h4-7H,8-10H2,1-3H3,(H,18,24)(H,19,22)/t16-/m0/s1. The predicted molar refractivity (Wildman–Crippen MR) is 101 cm³/mol. The van der Waals surface area contributed by atoms with Gasteiger partial charge in [-0.25, -0.2) is 8.42 Å². The lowest BCUT2D eigenvalue weighted by atomic mass is 9.96. The quantitative estimate of drug-likeness (QED) is 0.694. The number of hydrogen-bond acceptors (Lipinski definition) is 5. The van der Waals surface area contributed by atoms with Crippen LogP contribution in [0.15, 0.2) is 24.3 Å². The molecule has 1 saturated heterocycles. The fraction of sp³-hybridized carbons (Fsp3) is 0.438. The molecule has 0 radical (unpaired) electrons. The Kier molecular flexibility index (Phi) is 6.13. The fourth-order valence-electron chi connectivity index (χ4n) is 2.60. The monoisotopic (exact) mass is 416 g/mol. The van der Waals surface area contributed by atoms with Crippen LogP contribution < -0.4 is 10.6 Å². The number of nitrogens with zero attached hydrogens (tertiary/aromatic N) is 2. The molecule has 1 aliphatic heterocycles. The molecule has 1 fully saturated rings. The number of sulfonamides is 1. The minimum atomic E-state index is -3.65. The van der Waals surface area contributed by atoms with E-state index in [-0.39, 0.29) is 19.6 Å². The number of para-hydroxylation sites is 1. The minimum absolute atomic E-state index is 0.202. The van der Waals surface area contributed by atoms with Gasteiger partial charge in [0.15, 0.2) is 0 Å². The lowest BCUT2D eigenvalue weighted by molar-refractivity contribution is -0.150. The Morgan fingerprint density at radius 3 is 2.52 bits per heavy atom. The molecule has 0 aliphatic carbocycles. The maximum Gasteiger partial charge on any atom is 0.247 e. The summed E-state index contributed by atoms with van der Waals surface area (Å²) in [5.74, 6) is -1.66. The number of piperazine rings is 1. The van der Waals surface area contributed by atoms with Crippen molar-refractivity contribution in [3.8, 4) is 0 Å². The van der Waals surface area contributed by atoms with Gasteiger partial charge in [-0.1, -0.05) is 23.7 Å². The van der Waals surface area contributed by atoms with Gasteiger partial charge in [-0.2, -0.15) is 4.31 Å². The number of hydrogen-bond donors (Lipinski definition) is 2. The first-order valence-electron chi connectivity index (χ1n) is 7.99. The summed E-state index contributed by atoms with van der Waals surface area (Å²) in [6.45, 7) is 0.557. The molecule has 0 unspecified atom stereocenters. The Labute approximate surface area is 162 Å². The van der Waals surface area contributed by atoms with Crippen molar-refractivity contribution >= 4 is 45.0 Å². The van der Waals surface area contributed by atoms with E-state index in [2.05, 4.69) is 10.6 Å². The van der Waals surface area contributed by atoms with E-state index < -0.39 is 33.3 Å². The van der Waals surface area contributed by atoms with Crippen molar-refractivity contribution in [2.24, 2.45) is 0 Å². The highest BCUT2D eigenvalue weighted by Crippen LogP contribution is 2.23. The molecule has 1 aromatic carbocycles. The third kappa shape index (κ3) is 4.76. The van der Waals surface area contributed by atoms with Gasteiger partial charge in [0.1, 0.15) is 5.54 Å². The van der Waals surface area contributed by atoms with Crippen molar-refractivity contribution in [1.29, 1.82) is 0 Å². The van der Waals surface area contributed by atoms with Crippen LogP contribution in [0.1, 0.15) is 6.92 Å². The second-order valence-electron chi connectivity index (χ2n) is 6.47. The van der Waals surface area contributed by atoms with Crippen molar-refractivity contribution in [2.75, 3.05) is 38.3 Å². The second-order valence-corrected chi connectivity index (χ2v) is 8.86. The van der Waals surface area contributed by atoms with Gasteiger partial charge in [0.05, 0.1) is 30.1 Å². The van der Waals surface area contributed by atoms with Crippen LogP contribution in [0.5, 0.6) is 0 Å². The van der Waals surface area contributed by atoms with Crippen molar-refractivity contribution < 1.29 is 22.8 Å². The van der Waals surface area contributed by atoms with Gasteiger partial charge in [-0.05, 0) is 19.1 Å². The molecule has 11 heteroatoms. The number of anilines is 1. The first-order valence-corrected chi connectivity index (χ1v) is 10.2. The van der Waals surface area contributed by atoms with Crippen LogP contribution in [0.2, 0.25) is 5.02 Å².